The normalized spacial score (nSPS) is 15.4. The van der Waals surface area contributed by atoms with Crippen LogP contribution in [-0.4, -0.2) is 44.1 Å². The fourth-order valence-corrected chi connectivity index (χ4v) is 2.71. The number of nitrogens with zero attached hydrogens (tertiary/aromatic N) is 5. The topological polar surface area (TPSA) is 63.9 Å². The van der Waals surface area contributed by atoms with Crippen molar-refractivity contribution in [2.45, 2.75) is 45.2 Å². The van der Waals surface area contributed by atoms with Gasteiger partial charge in [0, 0.05) is 25.1 Å². The summed E-state index contributed by atoms with van der Waals surface area (Å²) in [6.07, 6.45) is 3.76. The summed E-state index contributed by atoms with van der Waals surface area (Å²) in [5.41, 5.74) is 0.952. The first-order valence-corrected chi connectivity index (χ1v) is 8.24. The van der Waals surface area contributed by atoms with Crippen molar-refractivity contribution >= 4 is 5.91 Å². The van der Waals surface area contributed by atoms with E-state index in [1.54, 1.807) is 4.80 Å². The van der Waals surface area contributed by atoms with E-state index in [0.29, 0.717) is 30.7 Å². The Bertz CT molecular complexity index is 650. The summed E-state index contributed by atoms with van der Waals surface area (Å²) in [5.74, 6) is 1.53. The zero-order chi connectivity index (χ0) is 16.2. The molecule has 122 valence electrons. The average molecular weight is 313 g/mol. The third kappa shape index (κ3) is 3.94. The number of amides is 1. The van der Waals surface area contributed by atoms with Crippen LogP contribution >= 0.6 is 0 Å². The maximum atomic E-state index is 12.2. The molecule has 1 atom stereocenters. The highest BCUT2D eigenvalue weighted by Crippen LogP contribution is 2.34. The quantitative estimate of drug-likeness (QED) is 0.787. The number of rotatable bonds is 7. The fraction of sp³-hybridized carbons (Fsp3) is 0.529. The highest BCUT2D eigenvalue weighted by atomic mass is 16.2. The van der Waals surface area contributed by atoms with Crippen LogP contribution < -0.4 is 0 Å². The first-order valence-electron chi connectivity index (χ1n) is 8.24. The molecular formula is C17H23N5O. The van der Waals surface area contributed by atoms with Crippen molar-refractivity contribution in [3.63, 3.8) is 0 Å². The van der Waals surface area contributed by atoms with Gasteiger partial charge in [0.25, 0.3) is 0 Å². The van der Waals surface area contributed by atoms with Crippen LogP contribution in [0.3, 0.4) is 0 Å². The van der Waals surface area contributed by atoms with Crippen LogP contribution in [0.2, 0.25) is 0 Å². The summed E-state index contributed by atoms with van der Waals surface area (Å²) in [5, 5.41) is 12.5. The molecule has 0 saturated heterocycles. The van der Waals surface area contributed by atoms with Crippen molar-refractivity contribution < 1.29 is 4.79 Å². The number of tetrazole rings is 1. The third-order valence-corrected chi connectivity index (χ3v) is 4.54. The van der Waals surface area contributed by atoms with Crippen molar-refractivity contribution in [2.24, 2.45) is 5.92 Å². The minimum atomic E-state index is 0.202. The smallest absolute Gasteiger partial charge is 0.222 e. The molecule has 1 fully saturated rings. The van der Waals surface area contributed by atoms with Crippen LogP contribution in [0, 0.1) is 5.92 Å². The second kappa shape index (κ2) is 6.89. The number of carbonyl (C=O) groups is 1. The van der Waals surface area contributed by atoms with Crippen molar-refractivity contribution in [1.82, 2.24) is 25.1 Å². The first kappa shape index (κ1) is 15.6. The van der Waals surface area contributed by atoms with Gasteiger partial charge >= 0.3 is 0 Å². The lowest BCUT2D eigenvalue weighted by Gasteiger charge is -2.24. The molecule has 0 aliphatic heterocycles. The number of aromatic nitrogens is 4. The van der Waals surface area contributed by atoms with E-state index in [4.69, 9.17) is 0 Å². The van der Waals surface area contributed by atoms with Crippen LogP contribution in [0.1, 0.15) is 32.6 Å². The molecule has 1 saturated carbocycles. The zero-order valence-corrected chi connectivity index (χ0v) is 13.7. The van der Waals surface area contributed by atoms with Crippen LogP contribution in [-0.2, 0) is 11.3 Å². The standard InChI is InChI=1S/C17H23N5O/c1-13(14-10-11-14)21(2)16(23)9-6-12-22-19-17(18-20-22)15-7-4-3-5-8-15/h3-5,7-8,13-14H,6,9-12H2,1-2H3/t13-/m0/s1. The molecule has 23 heavy (non-hydrogen) atoms. The van der Waals surface area contributed by atoms with Gasteiger partial charge < -0.3 is 4.90 Å². The van der Waals surface area contributed by atoms with E-state index >= 15 is 0 Å². The molecule has 6 nitrogen and oxygen atoms in total. The Hall–Kier alpha value is -2.24. The van der Waals surface area contributed by atoms with Crippen molar-refractivity contribution in [2.75, 3.05) is 7.05 Å². The Morgan fingerprint density at radius 1 is 1.35 bits per heavy atom. The molecule has 1 aromatic heterocycles. The maximum absolute atomic E-state index is 12.2. The van der Waals surface area contributed by atoms with Gasteiger partial charge in [-0.25, -0.2) is 0 Å². The zero-order valence-electron chi connectivity index (χ0n) is 13.7. The van der Waals surface area contributed by atoms with Crippen LogP contribution in [0.5, 0.6) is 0 Å². The minimum absolute atomic E-state index is 0.202. The Kier molecular flexibility index (Phi) is 4.69. The van der Waals surface area contributed by atoms with Gasteiger partial charge in [0.15, 0.2) is 0 Å². The Labute approximate surface area is 136 Å². The molecule has 0 bridgehead atoms. The Balaban J connectivity index is 1.47. The lowest BCUT2D eigenvalue weighted by Crippen LogP contribution is -2.36. The molecule has 1 heterocycles. The Morgan fingerprint density at radius 3 is 2.78 bits per heavy atom. The summed E-state index contributed by atoms with van der Waals surface area (Å²) in [7, 11) is 1.91. The molecule has 1 aliphatic carbocycles. The fourth-order valence-electron chi connectivity index (χ4n) is 2.71. The summed E-state index contributed by atoms with van der Waals surface area (Å²) in [6, 6.07) is 10.1. The van der Waals surface area contributed by atoms with Gasteiger partial charge in [0.05, 0.1) is 6.54 Å². The first-order chi connectivity index (χ1) is 11.1. The average Bonchev–Trinajstić information content (AvgIpc) is 3.33. The second-order valence-electron chi connectivity index (χ2n) is 6.26. The molecule has 1 amide bonds. The largest absolute Gasteiger partial charge is 0.343 e. The molecular weight excluding hydrogens is 290 g/mol. The number of benzene rings is 1. The molecule has 1 aliphatic rings. The molecule has 2 aromatic rings. The van der Waals surface area contributed by atoms with Gasteiger partial charge in [-0.1, -0.05) is 30.3 Å². The predicted octanol–water partition coefficient (Wildman–Crippen LogP) is 2.38. The van der Waals surface area contributed by atoms with Crippen LogP contribution in [0.25, 0.3) is 11.4 Å². The van der Waals surface area contributed by atoms with Gasteiger partial charge in [0.1, 0.15) is 0 Å². The summed E-state index contributed by atoms with van der Waals surface area (Å²) >= 11 is 0. The van der Waals surface area contributed by atoms with Gasteiger partial charge in [0.2, 0.25) is 11.7 Å². The van der Waals surface area contributed by atoms with E-state index in [1.807, 2.05) is 42.3 Å². The molecule has 1 aromatic carbocycles. The Morgan fingerprint density at radius 2 is 2.09 bits per heavy atom. The second-order valence-corrected chi connectivity index (χ2v) is 6.26. The molecule has 0 unspecified atom stereocenters. The molecule has 0 spiro atoms. The van der Waals surface area contributed by atoms with E-state index in [-0.39, 0.29) is 5.91 Å². The molecule has 0 N–H and O–H groups in total. The van der Waals surface area contributed by atoms with Crippen molar-refractivity contribution in [1.29, 1.82) is 0 Å². The minimum Gasteiger partial charge on any atom is -0.343 e. The molecule has 0 radical (unpaired) electrons. The van der Waals surface area contributed by atoms with Crippen LogP contribution in [0.15, 0.2) is 30.3 Å². The van der Waals surface area contributed by atoms with Gasteiger partial charge in [-0.15, -0.1) is 10.2 Å². The van der Waals surface area contributed by atoms with E-state index in [9.17, 15) is 4.79 Å². The van der Waals surface area contributed by atoms with E-state index in [1.165, 1.54) is 12.8 Å². The summed E-state index contributed by atoms with van der Waals surface area (Å²) in [4.78, 5) is 15.7. The molecule has 6 heteroatoms. The summed E-state index contributed by atoms with van der Waals surface area (Å²) in [6.45, 7) is 2.75. The number of aryl methyl sites for hydroxylation is 1. The highest BCUT2D eigenvalue weighted by Gasteiger charge is 2.32. The number of carbonyl (C=O) groups excluding carboxylic acids is 1. The van der Waals surface area contributed by atoms with Crippen LogP contribution in [0.4, 0.5) is 0 Å². The van der Waals surface area contributed by atoms with E-state index < -0.39 is 0 Å². The third-order valence-electron chi connectivity index (χ3n) is 4.54. The van der Waals surface area contributed by atoms with Gasteiger partial charge in [-0.2, -0.15) is 4.80 Å². The van der Waals surface area contributed by atoms with E-state index in [0.717, 1.165) is 12.0 Å². The van der Waals surface area contributed by atoms with E-state index in [2.05, 4.69) is 22.3 Å². The molecule has 3 rings (SSSR count). The monoisotopic (exact) mass is 313 g/mol. The van der Waals surface area contributed by atoms with Crippen molar-refractivity contribution in [3.8, 4) is 11.4 Å². The SMILES string of the molecule is C[C@@H](C1CC1)N(C)C(=O)CCCn1nnc(-c2ccccc2)n1. The number of hydrogen-bond acceptors (Lipinski definition) is 4. The highest BCUT2D eigenvalue weighted by molar-refractivity contribution is 5.76. The maximum Gasteiger partial charge on any atom is 0.222 e. The van der Waals surface area contributed by atoms with Gasteiger partial charge in [-0.05, 0) is 37.3 Å². The lowest BCUT2D eigenvalue weighted by molar-refractivity contribution is -0.132. The number of hydrogen-bond donors (Lipinski definition) is 0. The van der Waals surface area contributed by atoms with Crippen molar-refractivity contribution in [3.05, 3.63) is 30.3 Å². The van der Waals surface area contributed by atoms with Gasteiger partial charge in [-0.3, -0.25) is 4.79 Å². The predicted molar refractivity (Wildman–Crippen MR) is 87.4 cm³/mol. The summed E-state index contributed by atoms with van der Waals surface area (Å²) < 4.78 is 0. The lowest BCUT2D eigenvalue weighted by atomic mass is 10.1.